The minimum absolute atomic E-state index is 0.0563. The number of nitrogens with zero attached hydrogens (tertiary/aromatic N) is 1. The minimum atomic E-state index is -0.939. The summed E-state index contributed by atoms with van der Waals surface area (Å²) in [6.07, 6.45) is 1.91. The molecule has 0 radical (unpaired) electrons. The molecule has 2 heterocycles. The SMILES string of the molecule is Cc1cc2cc([C@H](C(=O)NC(C)C)N3C(=O)[C@@H](C4Cc5ccccc5C4)NC(=O)[C@H]3CC(C)C)ccc2o1. The van der Waals surface area contributed by atoms with Gasteiger partial charge in [-0.25, -0.2) is 0 Å². The van der Waals surface area contributed by atoms with Crippen LogP contribution in [-0.2, 0) is 27.2 Å². The number of aryl methyl sites for hydroxylation is 1. The van der Waals surface area contributed by atoms with Crippen LogP contribution in [0.3, 0.4) is 0 Å². The number of rotatable bonds is 7. The van der Waals surface area contributed by atoms with Crippen molar-refractivity contribution >= 4 is 28.7 Å². The Labute approximate surface area is 224 Å². The summed E-state index contributed by atoms with van der Waals surface area (Å²) in [5.74, 6) is 0.194. The molecule has 7 nitrogen and oxygen atoms in total. The normalized spacial score (nSPS) is 20.8. The number of hydrogen-bond acceptors (Lipinski definition) is 4. The van der Waals surface area contributed by atoms with E-state index in [-0.39, 0.29) is 35.6 Å². The van der Waals surface area contributed by atoms with Crippen molar-refractivity contribution in [1.29, 1.82) is 0 Å². The zero-order valence-corrected chi connectivity index (χ0v) is 22.8. The molecule has 3 atom stereocenters. The predicted octanol–water partition coefficient (Wildman–Crippen LogP) is 4.46. The smallest absolute Gasteiger partial charge is 0.247 e. The van der Waals surface area contributed by atoms with Gasteiger partial charge in [-0.2, -0.15) is 0 Å². The molecule has 2 aliphatic rings. The molecule has 5 rings (SSSR count). The Kier molecular flexibility index (Phi) is 7.03. The molecule has 1 aliphatic carbocycles. The van der Waals surface area contributed by atoms with E-state index < -0.39 is 18.1 Å². The lowest BCUT2D eigenvalue weighted by Crippen LogP contribution is -2.67. The van der Waals surface area contributed by atoms with Gasteiger partial charge in [-0.1, -0.05) is 44.2 Å². The van der Waals surface area contributed by atoms with Crippen LogP contribution in [0.1, 0.15) is 62.6 Å². The Balaban J connectivity index is 1.58. The second-order valence-electron chi connectivity index (χ2n) is 11.5. The van der Waals surface area contributed by atoms with Crippen LogP contribution in [0, 0.1) is 18.8 Å². The maximum atomic E-state index is 14.4. The number of piperazine rings is 1. The van der Waals surface area contributed by atoms with Crippen molar-refractivity contribution < 1.29 is 18.8 Å². The van der Waals surface area contributed by atoms with Crippen LogP contribution in [0.2, 0.25) is 0 Å². The predicted molar refractivity (Wildman–Crippen MR) is 146 cm³/mol. The van der Waals surface area contributed by atoms with Crippen molar-refractivity contribution in [3.63, 3.8) is 0 Å². The monoisotopic (exact) mass is 515 g/mol. The molecule has 38 heavy (non-hydrogen) atoms. The Hall–Kier alpha value is -3.61. The highest BCUT2D eigenvalue weighted by Crippen LogP contribution is 2.36. The Morgan fingerprint density at radius 1 is 1.05 bits per heavy atom. The zero-order valence-electron chi connectivity index (χ0n) is 22.8. The van der Waals surface area contributed by atoms with Crippen LogP contribution in [-0.4, -0.2) is 40.7 Å². The van der Waals surface area contributed by atoms with Crippen LogP contribution >= 0.6 is 0 Å². The van der Waals surface area contributed by atoms with Crippen molar-refractivity contribution in [3.05, 3.63) is 71.0 Å². The number of furan rings is 1. The van der Waals surface area contributed by atoms with E-state index >= 15 is 0 Å². The third-order valence-corrected chi connectivity index (χ3v) is 7.64. The summed E-state index contributed by atoms with van der Waals surface area (Å²) in [7, 11) is 0. The number of fused-ring (bicyclic) bond motifs is 2. The number of hydrogen-bond donors (Lipinski definition) is 2. The molecule has 7 heteroatoms. The highest BCUT2D eigenvalue weighted by molar-refractivity contribution is 6.00. The van der Waals surface area contributed by atoms with E-state index in [2.05, 4.69) is 22.8 Å². The summed E-state index contributed by atoms with van der Waals surface area (Å²) >= 11 is 0. The molecule has 1 aliphatic heterocycles. The summed E-state index contributed by atoms with van der Waals surface area (Å²) in [5.41, 5.74) is 3.81. The summed E-state index contributed by atoms with van der Waals surface area (Å²) in [6, 6.07) is 13.2. The van der Waals surface area contributed by atoms with Crippen molar-refractivity contribution in [2.45, 2.75) is 78.0 Å². The van der Waals surface area contributed by atoms with Gasteiger partial charge >= 0.3 is 0 Å². The van der Waals surface area contributed by atoms with Crippen molar-refractivity contribution in [2.24, 2.45) is 11.8 Å². The van der Waals surface area contributed by atoms with Gasteiger partial charge in [-0.05, 0) is 86.8 Å². The lowest BCUT2D eigenvalue weighted by molar-refractivity contribution is -0.158. The fourth-order valence-corrected chi connectivity index (χ4v) is 6.04. The van der Waals surface area contributed by atoms with Crippen molar-refractivity contribution in [1.82, 2.24) is 15.5 Å². The van der Waals surface area contributed by atoms with E-state index in [4.69, 9.17) is 4.42 Å². The van der Waals surface area contributed by atoms with Crippen LogP contribution < -0.4 is 10.6 Å². The van der Waals surface area contributed by atoms with Crippen LogP contribution in [0.5, 0.6) is 0 Å². The lowest BCUT2D eigenvalue weighted by Gasteiger charge is -2.45. The summed E-state index contributed by atoms with van der Waals surface area (Å²) < 4.78 is 5.76. The molecule has 1 aromatic heterocycles. The molecule has 0 unspecified atom stereocenters. The van der Waals surface area contributed by atoms with Gasteiger partial charge in [-0.15, -0.1) is 0 Å². The highest BCUT2D eigenvalue weighted by Gasteiger charge is 2.49. The van der Waals surface area contributed by atoms with Crippen LogP contribution in [0.25, 0.3) is 11.0 Å². The Bertz CT molecular complexity index is 1350. The van der Waals surface area contributed by atoms with Crippen LogP contribution in [0.4, 0.5) is 0 Å². The third-order valence-electron chi connectivity index (χ3n) is 7.64. The zero-order chi connectivity index (χ0) is 27.1. The molecule has 200 valence electrons. The van der Waals surface area contributed by atoms with Gasteiger partial charge in [-0.3, -0.25) is 14.4 Å². The molecule has 2 N–H and O–H groups in total. The van der Waals surface area contributed by atoms with Gasteiger partial charge in [0.05, 0.1) is 0 Å². The second kappa shape index (κ2) is 10.3. The van der Waals surface area contributed by atoms with E-state index in [0.717, 1.165) is 29.6 Å². The average Bonchev–Trinajstić information content (AvgIpc) is 3.44. The van der Waals surface area contributed by atoms with Crippen molar-refractivity contribution in [3.8, 4) is 0 Å². The first-order valence-electron chi connectivity index (χ1n) is 13.6. The molecule has 3 amide bonds. The third kappa shape index (κ3) is 4.94. The van der Waals surface area contributed by atoms with Crippen LogP contribution in [0.15, 0.2) is 52.9 Å². The standard InChI is InChI=1S/C31H37N3O4/c1-17(2)12-25-29(35)33-27(24-14-20-8-6-7-9-21(20)15-24)31(37)34(25)28(30(36)32-18(3)4)22-10-11-26-23(16-22)13-19(5)38-26/h6-11,13,16-18,24-25,27-28H,12,14-15H2,1-5H3,(H,32,36)(H,33,35)/t25-,27-,28-/m1/s1. The first-order chi connectivity index (χ1) is 18.1. The van der Waals surface area contributed by atoms with E-state index in [1.54, 1.807) is 4.90 Å². The molecule has 0 bridgehead atoms. The first kappa shape index (κ1) is 26.0. The van der Waals surface area contributed by atoms with E-state index in [9.17, 15) is 14.4 Å². The molecule has 2 aromatic carbocycles. The maximum Gasteiger partial charge on any atom is 0.247 e. The minimum Gasteiger partial charge on any atom is -0.461 e. The van der Waals surface area contributed by atoms with E-state index in [1.807, 2.05) is 71.0 Å². The number of benzene rings is 2. The Morgan fingerprint density at radius 3 is 2.37 bits per heavy atom. The maximum absolute atomic E-state index is 14.4. The fraction of sp³-hybridized carbons (Fsp3) is 0.452. The Morgan fingerprint density at radius 2 is 1.74 bits per heavy atom. The van der Waals surface area contributed by atoms with Gasteiger partial charge in [0.15, 0.2) is 0 Å². The first-order valence-corrected chi connectivity index (χ1v) is 13.6. The van der Waals surface area contributed by atoms with Gasteiger partial charge in [0.2, 0.25) is 17.7 Å². The summed E-state index contributed by atoms with van der Waals surface area (Å²) in [4.78, 5) is 43.5. The lowest BCUT2D eigenvalue weighted by atomic mass is 9.87. The molecule has 1 saturated heterocycles. The molecule has 0 spiro atoms. The van der Waals surface area contributed by atoms with E-state index in [0.29, 0.717) is 12.0 Å². The summed E-state index contributed by atoms with van der Waals surface area (Å²) in [6.45, 7) is 9.72. The quantitative estimate of drug-likeness (QED) is 0.486. The molecule has 1 fully saturated rings. The molecular weight excluding hydrogens is 478 g/mol. The average molecular weight is 516 g/mol. The number of carbonyl (C=O) groups excluding carboxylic acids is 3. The van der Waals surface area contributed by atoms with Gasteiger partial charge in [0, 0.05) is 11.4 Å². The van der Waals surface area contributed by atoms with Gasteiger partial charge in [0.1, 0.15) is 29.5 Å². The molecule has 3 aromatic rings. The van der Waals surface area contributed by atoms with Gasteiger partial charge in [0.25, 0.3) is 0 Å². The largest absolute Gasteiger partial charge is 0.461 e. The topological polar surface area (TPSA) is 91.7 Å². The summed E-state index contributed by atoms with van der Waals surface area (Å²) in [5, 5.41) is 6.94. The van der Waals surface area contributed by atoms with Crippen molar-refractivity contribution in [2.75, 3.05) is 0 Å². The van der Waals surface area contributed by atoms with E-state index in [1.165, 1.54) is 11.1 Å². The number of nitrogens with one attached hydrogen (secondary N) is 2. The number of carbonyl (C=O) groups is 3. The number of amides is 3. The molecule has 0 saturated carbocycles. The second-order valence-corrected chi connectivity index (χ2v) is 11.5. The van der Waals surface area contributed by atoms with Gasteiger partial charge < -0.3 is 20.0 Å². The highest BCUT2D eigenvalue weighted by atomic mass is 16.3. The molecular formula is C31H37N3O4. The fourth-order valence-electron chi connectivity index (χ4n) is 6.04.